The summed E-state index contributed by atoms with van der Waals surface area (Å²) in [6.07, 6.45) is 0.595. The summed E-state index contributed by atoms with van der Waals surface area (Å²) in [7, 11) is 0. The molecule has 76 valence electrons. The highest BCUT2D eigenvalue weighted by atomic mass is 32.1. The van der Waals surface area contributed by atoms with Gasteiger partial charge in [-0.3, -0.25) is 4.90 Å². The molecule has 0 aliphatic rings. The number of nitriles is 1. The Labute approximate surface area is 89.0 Å². The molecule has 0 spiro atoms. The monoisotopic (exact) mass is 209 g/mol. The first-order chi connectivity index (χ1) is 6.76. The van der Waals surface area contributed by atoms with Gasteiger partial charge in [-0.15, -0.1) is 11.3 Å². The lowest BCUT2D eigenvalue weighted by molar-refractivity contribution is 0.286. The Balaban J connectivity index is 2.44. The van der Waals surface area contributed by atoms with E-state index < -0.39 is 0 Å². The molecule has 0 fully saturated rings. The molecule has 0 unspecified atom stereocenters. The average Bonchev–Trinajstić information content (AvgIpc) is 2.58. The summed E-state index contributed by atoms with van der Waals surface area (Å²) < 4.78 is 0. The van der Waals surface area contributed by atoms with Crippen LogP contribution in [0.5, 0.6) is 0 Å². The second-order valence-corrected chi connectivity index (χ2v) is 4.10. The molecule has 14 heavy (non-hydrogen) atoms. The van der Waals surface area contributed by atoms with Crippen LogP contribution in [0.2, 0.25) is 0 Å². The second-order valence-electron chi connectivity index (χ2n) is 3.16. The second kappa shape index (κ2) is 5.74. The standard InChI is InChI=1S/C10H15N3S/c1-3-13(6-4-5-11)7-10-12-9(2)8-14-10/h8H,3-4,6-7H2,1-2H3. The van der Waals surface area contributed by atoms with E-state index in [1.807, 2.05) is 6.92 Å². The molecule has 3 nitrogen and oxygen atoms in total. The van der Waals surface area contributed by atoms with Crippen molar-refractivity contribution in [3.63, 3.8) is 0 Å². The van der Waals surface area contributed by atoms with E-state index in [1.165, 1.54) is 0 Å². The van der Waals surface area contributed by atoms with E-state index in [2.05, 4.69) is 28.3 Å². The van der Waals surface area contributed by atoms with E-state index in [9.17, 15) is 0 Å². The molecule has 0 aromatic carbocycles. The van der Waals surface area contributed by atoms with Crippen LogP contribution in [0.15, 0.2) is 5.38 Å². The van der Waals surface area contributed by atoms with Gasteiger partial charge in [0.2, 0.25) is 0 Å². The molecule has 0 aliphatic heterocycles. The van der Waals surface area contributed by atoms with E-state index >= 15 is 0 Å². The summed E-state index contributed by atoms with van der Waals surface area (Å²) in [5.41, 5.74) is 1.08. The van der Waals surface area contributed by atoms with E-state index in [0.29, 0.717) is 6.42 Å². The Bertz CT molecular complexity index is 313. The maximum atomic E-state index is 8.49. The number of thiazole rings is 1. The number of nitrogens with zero attached hydrogens (tertiary/aromatic N) is 3. The average molecular weight is 209 g/mol. The molecule has 0 radical (unpaired) electrons. The first kappa shape index (κ1) is 11.2. The maximum Gasteiger partial charge on any atom is 0.107 e. The maximum absolute atomic E-state index is 8.49. The molecular formula is C10H15N3S. The van der Waals surface area contributed by atoms with Crippen LogP contribution >= 0.6 is 11.3 Å². The Hall–Kier alpha value is -0.920. The largest absolute Gasteiger partial charge is 0.296 e. The third-order valence-corrected chi connectivity index (χ3v) is 2.96. The Kier molecular flexibility index (Phi) is 4.57. The first-order valence-corrected chi connectivity index (χ1v) is 5.64. The minimum absolute atomic E-state index is 0.595. The van der Waals surface area contributed by atoms with Crippen molar-refractivity contribution in [1.29, 1.82) is 5.26 Å². The van der Waals surface area contributed by atoms with E-state index in [-0.39, 0.29) is 0 Å². The smallest absolute Gasteiger partial charge is 0.107 e. The van der Waals surface area contributed by atoms with Gasteiger partial charge in [0.25, 0.3) is 0 Å². The van der Waals surface area contributed by atoms with Crippen molar-refractivity contribution in [2.45, 2.75) is 26.8 Å². The molecule has 1 heterocycles. The molecule has 0 N–H and O–H groups in total. The third-order valence-electron chi connectivity index (χ3n) is 2.01. The van der Waals surface area contributed by atoms with Gasteiger partial charge in [-0.1, -0.05) is 6.92 Å². The molecule has 1 aromatic heterocycles. The van der Waals surface area contributed by atoms with Gasteiger partial charge < -0.3 is 0 Å². The van der Waals surface area contributed by atoms with Gasteiger partial charge in [0.1, 0.15) is 5.01 Å². The van der Waals surface area contributed by atoms with Crippen molar-refractivity contribution in [2.24, 2.45) is 0 Å². The Morgan fingerprint density at radius 2 is 2.43 bits per heavy atom. The summed E-state index contributed by atoms with van der Waals surface area (Å²) >= 11 is 1.69. The SMILES string of the molecule is CCN(CCC#N)Cc1nc(C)cs1. The number of rotatable bonds is 5. The van der Waals surface area contributed by atoms with Crippen molar-refractivity contribution >= 4 is 11.3 Å². The number of aryl methyl sites for hydroxylation is 1. The van der Waals surface area contributed by atoms with Gasteiger partial charge in [0.15, 0.2) is 0 Å². The van der Waals surface area contributed by atoms with Crippen LogP contribution in [0.4, 0.5) is 0 Å². The molecule has 0 amide bonds. The van der Waals surface area contributed by atoms with Crippen molar-refractivity contribution < 1.29 is 0 Å². The van der Waals surface area contributed by atoms with Crippen molar-refractivity contribution in [1.82, 2.24) is 9.88 Å². The fraction of sp³-hybridized carbons (Fsp3) is 0.600. The molecular weight excluding hydrogens is 194 g/mol. The predicted molar refractivity (Wildman–Crippen MR) is 58.0 cm³/mol. The van der Waals surface area contributed by atoms with Crippen LogP contribution in [-0.4, -0.2) is 23.0 Å². The lowest BCUT2D eigenvalue weighted by Crippen LogP contribution is -2.23. The van der Waals surface area contributed by atoms with Gasteiger partial charge in [0, 0.05) is 24.0 Å². The summed E-state index contributed by atoms with van der Waals surface area (Å²) in [4.78, 5) is 6.64. The van der Waals surface area contributed by atoms with E-state index in [4.69, 9.17) is 5.26 Å². The highest BCUT2D eigenvalue weighted by Gasteiger charge is 2.05. The quantitative estimate of drug-likeness (QED) is 0.746. The minimum Gasteiger partial charge on any atom is -0.296 e. The zero-order valence-electron chi connectivity index (χ0n) is 8.66. The first-order valence-electron chi connectivity index (χ1n) is 4.76. The van der Waals surface area contributed by atoms with Crippen LogP contribution in [0.1, 0.15) is 24.0 Å². The van der Waals surface area contributed by atoms with Gasteiger partial charge in [-0.25, -0.2) is 4.98 Å². The van der Waals surface area contributed by atoms with Gasteiger partial charge in [0.05, 0.1) is 12.6 Å². The predicted octanol–water partition coefficient (Wildman–Crippen LogP) is 2.19. The summed E-state index contributed by atoms with van der Waals surface area (Å²) in [6, 6.07) is 2.16. The molecule has 0 atom stereocenters. The van der Waals surface area contributed by atoms with Crippen molar-refractivity contribution in [2.75, 3.05) is 13.1 Å². The van der Waals surface area contributed by atoms with E-state index in [0.717, 1.165) is 30.3 Å². The summed E-state index contributed by atoms with van der Waals surface area (Å²) in [5, 5.41) is 11.7. The Morgan fingerprint density at radius 1 is 1.64 bits per heavy atom. The molecule has 0 bridgehead atoms. The van der Waals surface area contributed by atoms with Gasteiger partial charge in [-0.05, 0) is 13.5 Å². The third kappa shape index (κ3) is 3.44. The lowest BCUT2D eigenvalue weighted by Gasteiger charge is -2.16. The van der Waals surface area contributed by atoms with Gasteiger partial charge in [-0.2, -0.15) is 5.26 Å². The zero-order chi connectivity index (χ0) is 10.4. The minimum atomic E-state index is 0.595. The zero-order valence-corrected chi connectivity index (χ0v) is 9.47. The van der Waals surface area contributed by atoms with Gasteiger partial charge >= 0.3 is 0 Å². The van der Waals surface area contributed by atoms with Crippen LogP contribution in [0, 0.1) is 18.3 Å². The number of hydrogen-bond acceptors (Lipinski definition) is 4. The molecule has 0 saturated carbocycles. The van der Waals surface area contributed by atoms with Crippen molar-refractivity contribution in [3.8, 4) is 6.07 Å². The Morgan fingerprint density at radius 3 is 2.93 bits per heavy atom. The molecule has 4 heteroatoms. The van der Waals surface area contributed by atoms with E-state index in [1.54, 1.807) is 11.3 Å². The highest BCUT2D eigenvalue weighted by molar-refractivity contribution is 7.09. The van der Waals surface area contributed by atoms with Crippen LogP contribution < -0.4 is 0 Å². The fourth-order valence-electron chi connectivity index (χ4n) is 1.22. The summed E-state index contributed by atoms with van der Waals surface area (Å²) in [6.45, 7) is 6.80. The lowest BCUT2D eigenvalue weighted by atomic mass is 10.4. The van der Waals surface area contributed by atoms with Crippen LogP contribution in [0.3, 0.4) is 0 Å². The fourth-order valence-corrected chi connectivity index (χ4v) is 2.04. The molecule has 1 aromatic rings. The van der Waals surface area contributed by atoms with Crippen LogP contribution in [-0.2, 0) is 6.54 Å². The topological polar surface area (TPSA) is 39.9 Å². The molecule has 1 rings (SSSR count). The molecule has 0 saturated heterocycles. The highest BCUT2D eigenvalue weighted by Crippen LogP contribution is 2.11. The van der Waals surface area contributed by atoms with Crippen LogP contribution in [0.25, 0.3) is 0 Å². The number of hydrogen-bond donors (Lipinski definition) is 0. The van der Waals surface area contributed by atoms with Crippen molar-refractivity contribution in [3.05, 3.63) is 16.1 Å². The normalized spacial score (nSPS) is 10.4. The summed E-state index contributed by atoms with van der Waals surface area (Å²) in [5.74, 6) is 0. The number of aromatic nitrogens is 1. The molecule has 0 aliphatic carbocycles.